The minimum atomic E-state index is -0.155. The first-order valence-electron chi connectivity index (χ1n) is 3.24. The molecule has 0 fully saturated rings. The van der Waals surface area contributed by atoms with Gasteiger partial charge in [0.15, 0.2) is 0 Å². The summed E-state index contributed by atoms with van der Waals surface area (Å²) < 4.78 is 0. The first-order chi connectivity index (χ1) is 3.89. The second-order valence-corrected chi connectivity index (χ2v) is 2.28. The molecule has 0 aromatic heterocycles. The average molecular weight is 112 g/mol. The molecular weight excluding hydrogens is 100 g/mol. The largest absolute Gasteiger partial charge is 0.389 e. The van der Waals surface area contributed by atoms with E-state index in [1.807, 2.05) is 6.08 Å². The monoisotopic (exact) mass is 112 g/mol. The molecule has 46 valence electrons. The number of hydrogen-bond acceptors (Lipinski definition) is 1. The lowest BCUT2D eigenvalue weighted by Crippen LogP contribution is -1.98. The molecule has 0 heterocycles. The van der Waals surface area contributed by atoms with Gasteiger partial charge in [-0.25, -0.2) is 0 Å². The summed E-state index contributed by atoms with van der Waals surface area (Å²) in [5, 5.41) is 9.00. The van der Waals surface area contributed by atoms with Crippen LogP contribution >= 0.6 is 0 Å². The van der Waals surface area contributed by atoms with Gasteiger partial charge in [0.2, 0.25) is 0 Å². The fourth-order valence-corrected chi connectivity index (χ4v) is 0.965. The molecule has 0 saturated carbocycles. The number of hydrogen-bond donors (Lipinski definition) is 1. The average Bonchev–Trinajstić information content (AvgIpc) is 1.94. The van der Waals surface area contributed by atoms with Crippen molar-refractivity contribution in [3.05, 3.63) is 12.2 Å². The minimum absolute atomic E-state index is 0.155. The highest BCUT2D eigenvalue weighted by Crippen LogP contribution is 2.09. The van der Waals surface area contributed by atoms with Gasteiger partial charge in [-0.05, 0) is 19.3 Å². The van der Waals surface area contributed by atoms with Gasteiger partial charge < -0.3 is 5.11 Å². The van der Waals surface area contributed by atoms with Gasteiger partial charge in [0.1, 0.15) is 0 Å². The molecule has 0 unspecified atom stereocenters. The summed E-state index contributed by atoms with van der Waals surface area (Å²) in [6.45, 7) is 0. The quantitative estimate of drug-likeness (QED) is 0.470. The molecule has 1 heteroatoms. The van der Waals surface area contributed by atoms with Gasteiger partial charge in [-0.15, -0.1) is 0 Å². The zero-order valence-electron chi connectivity index (χ0n) is 5.01. The van der Waals surface area contributed by atoms with Crippen molar-refractivity contribution in [1.29, 1.82) is 0 Å². The van der Waals surface area contributed by atoms with E-state index in [0.717, 1.165) is 12.8 Å². The van der Waals surface area contributed by atoms with Crippen molar-refractivity contribution in [2.24, 2.45) is 0 Å². The zero-order valence-corrected chi connectivity index (χ0v) is 5.01. The Hall–Kier alpha value is -0.300. The van der Waals surface area contributed by atoms with E-state index in [1.165, 1.54) is 12.8 Å². The van der Waals surface area contributed by atoms with Crippen LogP contribution in [-0.4, -0.2) is 11.2 Å². The van der Waals surface area contributed by atoms with E-state index in [9.17, 15) is 0 Å². The lowest BCUT2D eigenvalue weighted by atomic mass is 10.2. The molecular formula is C7H12O. The van der Waals surface area contributed by atoms with E-state index in [-0.39, 0.29) is 6.10 Å². The second-order valence-electron chi connectivity index (χ2n) is 2.28. The lowest BCUT2D eigenvalue weighted by Gasteiger charge is -1.98. The van der Waals surface area contributed by atoms with E-state index in [1.54, 1.807) is 0 Å². The lowest BCUT2D eigenvalue weighted by molar-refractivity contribution is 0.211. The van der Waals surface area contributed by atoms with E-state index in [2.05, 4.69) is 6.08 Å². The maximum Gasteiger partial charge on any atom is 0.0720 e. The summed E-state index contributed by atoms with van der Waals surface area (Å²) in [5.74, 6) is 0. The van der Waals surface area contributed by atoms with Crippen LogP contribution in [0.1, 0.15) is 25.7 Å². The first kappa shape index (κ1) is 5.83. The number of allylic oxidation sites excluding steroid dienone is 1. The van der Waals surface area contributed by atoms with Crippen LogP contribution in [0.25, 0.3) is 0 Å². The number of aliphatic hydroxyl groups is 1. The van der Waals surface area contributed by atoms with E-state index in [4.69, 9.17) is 5.11 Å². The van der Waals surface area contributed by atoms with Crippen molar-refractivity contribution < 1.29 is 5.11 Å². The molecule has 1 aliphatic carbocycles. The second kappa shape index (κ2) is 2.88. The zero-order chi connectivity index (χ0) is 5.82. The summed E-state index contributed by atoms with van der Waals surface area (Å²) in [4.78, 5) is 0. The van der Waals surface area contributed by atoms with Crippen molar-refractivity contribution in [3.63, 3.8) is 0 Å². The third-order valence-corrected chi connectivity index (χ3v) is 1.48. The van der Waals surface area contributed by atoms with Gasteiger partial charge in [0.25, 0.3) is 0 Å². The molecule has 0 radical (unpaired) electrons. The van der Waals surface area contributed by atoms with Crippen LogP contribution in [0.4, 0.5) is 0 Å². The van der Waals surface area contributed by atoms with E-state index >= 15 is 0 Å². The van der Waals surface area contributed by atoms with Crippen molar-refractivity contribution in [2.75, 3.05) is 0 Å². The molecule has 1 aliphatic rings. The van der Waals surface area contributed by atoms with Crippen molar-refractivity contribution >= 4 is 0 Å². The number of aliphatic hydroxyl groups excluding tert-OH is 1. The van der Waals surface area contributed by atoms with E-state index < -0.39 is 0 Å². The van der Waals surface area contributed by atoms with Crippen molar-refractivity contribution in [1.82, 2.24) is 0 Å². The minimum Gasteiger partial charge on any atom is -0.389 e. The Labute approximate surface area is 50.0 Å². The van der Waals surface area contributed by atoms with Gasteiger partial charge >= 0.3 is 0 Å². The highest BCUT2D eigenvalue weighted by Gasteiger charge is 2.00. The molecule has 0 aromatic rings. The molecule has 1 N–H and O–H groups in total. The molecule has 0 spiro atoms. The standard InChI is InChI=1S/C7H12O/c8-7-5-3-1-2-4-6-7/h3,5,7-8H,1-2,4,6H2/t7-/m0/s1. The Balaban J connectivity index is 2.33. The predicted molar refractivity (Wildman–Crippen MR) is 33.6 cm³/mol. The molecule has 0 amide bonds. The van der Waals surface area contributed by atoms with Crippen LogP contribution in [0.3, 0.4) is 0 Å². The normalized spacial score (nSPS) is 29.9. The maximum atomic E-state index is 9.00. The Morgan fingerprint density at radius 2 is 2.25 bits per heavy atom. The molecule has 0 bridgehead atoms. The van der Waals surface area contributed by atoms with Gasteiger partial charge in [-0.2, -0.15) is 0 Å². The molecule has 1 atom stereocenters. The van der Waals surface area contributed by atoms with Crippen molar-refractivity contribution in [3.8, 4) is 0 Å². The SMILES string of the molecule is O[C@H]1C=CCCCC1. The van der Waals surface area contributed by atoms with Crippen LogP contribution in [0.5, 0.6) is 0 Å². The van der Waals surface area contributed by atoms with Gasteiger partial charge in [0, 0.05) is 0 Å². The Morgan fingerprint density at radius 3 is 3.12 bits per heavy atom. The van der Waals surface area contributed by atoms with Gasteiger partial charge in [-0.1, -0.05) is 18.6 Å². The highest BCUT2D eigenvalue weighted by atomic mass is 16.3. The summed E-state index contributed by atoms with van der Waals surface area (Å²) in [5.41, 5.74) is 0. The maximum absolute atomic E-state index is 9.00. The third-order valence-electron chi connectivity index (χ3n) is 1.48. The van der Waals surface area contributed by atoms with Crippen LogP contribution in [-0.2, 0) is 0 Å². The fourth-order valence-electron chi connectivity index (χ4n) is 0.965. The molecule has 0 aliphatic heterocycles. The summed E-state index contributed by atoms with van der Waals surface area (Å²) >= 11 is 0. The summed E-state index contributed by atoms with van der Waals surface area (Å²) in [6.07, 6.45) is 8.33. The first-order valence-corrected chi connectivity index (χ1v) is 3.24. The Kier molecular flexibility index (Phi) is 2.10. The van der Waals surface area contributed by atoms with Gasteiger partial charge in [-0.3, -0.25) is 0 Å². The summed E-state index contributed by atoms with van der Waals surface area (Å²) in [6, 6.07) is 0. The molecule has 0 saturated heterocycles. The molecule has 1 rings (SSSR count). The van der Waals surface area contributed by atoms with Gasteiger partial charge in [0.05, 0.1) is 6.10 Å². The Bertz CT molecular complexity index is 86.4. The molecule has 1 nitrogen and oxygen atoms in total. The number of rotatable bonds is 0. The smallest absolute Gasteiger partial charge is 0.0720 e. The topological polar surface area (TPSA) is 20.2 Å². The summed E-state index contributed by atoms with van der Waals surface area (Å²) in [7, 11) is 0. The fraction of sp³-hybridized carbons (Fsp3) is 0.714. The Morgan fingerprint density at radius 1 is 1.38 bits per heavy atom. The third kappa shape index (κ3) is 1.66. The van der Waals surface area contributed by atoms with Crippen LogP contribution in [0, 0.1) is 0 Å². The van der Waals surface area contributed by atoms with Crippen LogP contribution in [0.2, 0.25) is 0 Å². The van der Waals surface area contributed by atoms with Crippen molar-refractivity contribution in [2.45, 2.75) is 31.8 Å². The van der Waals surface area contributed by atoms with Crippen LogP contribution < -0.4 is 0 Å². The predicted octanol–water partition coefficient (Wildman–Crippen LogP) is 1.48. The van der Waals surface area contributed by atoms with Crippen LogP contribution in [0.15, 0.2) is 12.2 Å². The van der Waals surface area contributed by atoms with E-state index in [0.29, 0.717) is 0 Å². The highest BCUT2D eigenvalue weighted by molar-refractivity contribution is 4.90. The molecule has 0 aromatic carbocycles. The molecule has 8 heavy (non-hydrogen) atoms.